The highest BCUT2D eigenvalue weighted by molar-refractivity contribution is 8.00. The minimum Gasteiger partial charge on any atom is -0.460 e. The van der Waals surface area contributed by atoms with Crippen molar-refractivity contribution in [1.29, 1.82) is 5.26 Å². The number of ether oxygens (including phenoxy) is 1. The van der Waals surface area contributed by atoms with E-state index in [-0.39, 0.29) is 12.3 Å². The number of carbonyl (C=O) groups excluding carboxylic acids is 1. The number of hydrogen-bond donors (Lipinski definition) is 0. The van der Waals surface area contributed by atoms with Crippen molar-refractivity contribution < 1.29 is 14.5 Å². The maximum absolute atomic E-state index is 12.1. The summed E-state index contributed by atoms with van der Waals surface area (Å²) >= 11 is 1.26. The molecule has 0 N–H and O–H groups in total. The van der Waals surface area contributed by atoms with Gasteiger partial charge in [-0.05, 0) is 25.1 Å². The maximum Gasteiger partial charge on any atom is 0.319 e. The lowest BCUT2D eigenvalue weighted by Gasteiger charge is -2.11. The number of thioether (sulfide) groups is 1. The smallest absolute Gasteiger partial charge is 0.319 e. The second kappa shape index (κ2) is 8.13. The van der Waals surface area contributed by atoms with Crippen LogP contribution in [0.4, 0.5) is 5.69 Å². The SMILES string of the molecule is C[C@H](Sc1ccc([N+](=O)[O-])cc1)C(=O)OCc1ccccc1C#N. The Labute approximate surface area is 143 Å². The van der Waals surface area contributed by atoms with Gasteiger partial charge >= 0.3 is 5.97 Å². The number of carbonyl (C=O) groups is 1. The predicted octanol–water partition coefficient (Wildman–Crippen LogP) is 3.69. The molecule has 0 bridgehead atoms. The lowest BCUT2D eigenvalue weighted by molar-refractivity contribution is -0.384. The molecule has 2 aromatic carbocycles. The van der Waals surface area contributed by atoms with E-state index < -0.39 is 16.1 Å². The summed E-state index contributed by atoms with van der Waals surface area (Å²) in [6.07, 6.45) is 0. The lowest BCUT2D eigenvalue weighted by atomic mass is 10.1. The lowest BCUT2D eigenvalue weighted by Crippen LogP contribution is -2.17. The van der Waals surface area contributed by atoms with Crippen LogP contribution in [0.3, 0.4) is 0 Å². The normalized spacial score (nSPS) is 11.3. The molecule has 0 aliphatic rings. The predicted molar refractivity (Wildman–Crippen MR) is 89.4 cm³/mol. The molecule has 0 unspecified atom stereocenters. The summed E-state index contributed by atoms with van der Waals surface area (Å²) < 4.78 is 5.25. The van der Waals surface area contributed by atoms with Crippen LogP contribution in [0.1, 0.15) is 18.1 Å². The molecule has 0 amide bonds. The van der Waals surface area contributed by atoms with Crippen molar-refractivity contribution in [3.63, 3.8) is 0 Å². The Kier molecular flexibility index (Phi) is 5.93. The van der Waals surface area contributed by atoms with Crippen LogP contribution < -0.4 is 0 Å². The molecule has 2 aromatic rings. The first-order valence-electron chi connectivity index (χ1n) is 7.07. The Morgan fingerprint density at radius 1 is 1.29 bits per heavy atom. The van der Waals surface area contributed by atoms with Crippen molar-refractivity contribution in [3.8, 4) is 6.07 Å². The van der Waals surface area contributed by atoms with Gasteiger partial charge < -0.3 is 4.74 Å². The van der Waals surface area contributed by atoms with E-state index in [1.165, 1.54) is 23.9 Å². The number of nitrogens with zero attached hydrogens (tertiary/aromatic N) is 2. The number of nitro groups is 1. The van der Waals surface area contributed by atoms with E-state index in [0.29, 0.717) is 11.1 Å². The molecule has 0 aromatic heterocycles. The summed E-state index contributed by atoms with van der Waals surface area (Å²) in [7, 11) is 0. The summed E-state index contributed by atoms with van der Waals surface area (Å²) in [5.74, 6) is -0.411. The van der Waals surface area contributed by atoms with E-state index in [4.69, 9.17) is 10.00 Å². The van der Waals surface area contributed by atoms with Crippen LogP contribution >= 0.6 is 11.8 Å². The minimum absolute atomic E-state index is 0.00249. The van der Waals surface area contributed by atoms with Crippen LogP contribution in [-0.2, 0) is 16.1 Å². The highest BCUT2D eigenvalue weighted by Gasteiger charge is 2.17. The van der Waals surface area contributed by atoms with Gasteiger partial charge in [0, 0.05) is 22.6 Å². The first-order chi connectivity index (χ1) is 11.5. The van der Waals surface area contributed by atoms with Gasteiger partial charge in [-0.25, -0.2) is 0 Å². The number of benzene rings is 2. The topological polar surface area (TPSA) is 93.2 Å². The summed E-state index contributed by atoms with van der Waals surface area (Å²) in [6, 6.07) is 15.0. The fraction of sp³-hybridized carbons (Fsp3) is 0.176. The van der Waals surface area contributed by atoms with E-state index in [0.717, 1.165) is 4.90 Å². The quantitative estimate of drug-likeness (QED) is 0.344. The van der Waals surface area contributed by atoms with E-state index >= 15 is 0 Å². The van der Waals surface area contributed by atoms with Gasteiger partial charge in [-0.3, -0.25) is 14.9 Å². The zero-order chi connectivity index (χ0) is 17.5. The maximum atomic E-state index is 12.1. The Morgan fingerprint density at radius 3 is 2.58 bits per heavy atom. The molecule has 0 spiro atoms. The van der Waals surface area contributed by atoms with E-state index in [1.54, 1.807) is 43.3 Å². The number of hydrogen-bond acceptors (Lipinski definition) is 6. The molecule has 7 heteroatoms. The Hall–Kier alpha value is -2.85. The molecule has 6 nitrogen and oxygen atoms in total. The van der Waals surface area contributed by atoms with Crippen LogP contribution in [0.5, 0.6) is 0 Å². The van der Waals surface area contributed by atoms with Gasteiger partial charge in [0.05, 0.1) is 16.6 Å². The third-order valence-corrected chi connectivity index (χ3v) is 4.29. The second-order valence-corrected chi connectivity index (χ2v) is 6.30. The first kappa shape index (κ1) is 17.5. The number of nitriles is 1. The highest BCUT2D eigenvalue weighted by Crippen LogP contribution is 2.26. The standard InChI is InChI=1S/C17H14N2O4S/c1-12(24-16-8-6-15(7-9-16)19(21)22)17(20)23-11-14-5-3-2-4-13(14)10-18/h2-9,12H,11H2,1H3/t12-/m0/s1. The molecular formula is C17H14N2O4S. The highest BCUT2D eigenvalue weighted by atomic mass is 32.2. The minimum atomic E-state index is -0.473. The molecule has 24 heavy (non-hydrogen) atoms. The van der Waals surface area contributed by atoms with Crippen LogP contribution in [0.2, 0.25) is 0 Å². The zero-order valence-electron chi connectivity index (χ0n) is 12.8. The van der Waals surface area contributed by atoms with Gasteiger partial charge in [-0.15, -0.1) is 11.8 Å². The summed E-state index contributed by atoms with van der Waals surface area (Å²) in [5, 5.41) is 19.2. The monoisotopic (exact) mass is 342 g/mol. The van der Waals surface area contributed by atoms with Gasteiger partial charge in [-0.1, -0.05) is 18.2 Å². The van der Waals surface area contributed by atoms with Gasteiger partial charge in [-0.2, -0.15) is 5.26 Å². The van der Waals surface area contributed by atoms with Crippen molar-refractivity contribution in [3.05, 3.63) is 69.8 Å². The summed E-state index contributed by atoms with van der Waals surface area (Å²) in [5.41, 5.74) is 1.13. The fourth-order valence-electron chi connectivity index (χ4n) is 1.92. The molecule has 0 radical (unpaired) electrons. The van der Waals surface area contributed by atoms with Crippen molar-refractivity contribution in [2.24, 2.45) is 0 Å². The van der Waals surface area contributed by atoms with Crippen molar-refractivity contribution in [2.75, 3.05) is 0 Å². The third kappa shape index (κ3) is 4.57. The fourth-order valence-corrected chi connectivity index (χ4v) is 2.79. The van der Waals surface area contributed by atoms with Crippen LogP contribution in [-0.4, -0.2) is 16.1 Å². The molecule has 0 saturated carbocycles. The Balaban J connectivity index is 1.92. The number of esters is 1. The van der Waals surface area contributed by atoms with E-state index in [1.807, 2.05) is 0 Å². The zero-order valence-corrected chi connectivity index (χ0v) is 13.7. The molecule has 0 aliphatic heterocycles. The van der Waals surface area contributed by atoms with Crippen molar-refractivity contribution in [1.82, 2.24) is 0 Å². The Morgan fingerprint density at radius 2 is 1.96 bits per heavy atom. The van der Waals surface area contributed by atoms with Crippen LogP contribution in [0.15, 0.2) is 53.4 Å². The second-order valence-electron chi connectivity index (χ2n) is 4.89. The molecule has 2 rings (SSSR count). The van der Waals surface area contributed by atoms with Crippen molar-refractivity contribution in [2.45, 2.75) is 23.7 Å². The summed E-state index contributed by atoms with van der Waals surface area (Å²) in [4.78, 5) is 22.9. The first-order valence-corrected chi connectivity index (χ1v) is 7.95. The number of non-ortho nitro benzene ring substituents is 1. The van der Waals surface area contributed by atoms with E-state index in [2.05, 4.69) is 6.07 Å². The van der Waals surface area contributed by atoms with Gasteiger partial charge in [0.1, 0.15) is 11.9 Å². The molecule has 0 heterocycles. The molecule has 0 fully saturated rings. The average Bonchev–Trinajstić information content (AvgIpc) is 2.60. The molecule has 0 aliphatic carbocycles. The average molecular weight is 342 g/mol. The number of nitro benzene ring substituents is 1. The molecule has 1 atom stereocenters. The van der Waals surface area contributed by atoms with Crippen LogP contribution in [0.25, 0.3) is 0 Å². The van der Waals surface area contributed by atoms with Gasteiger partial charge in [0.25, 0.3) is 5.69 Å². The van der Waals surface area contributed by atoms with Crippen molar-refractivity contribution >= 4 is 23.4 Å². The van der Waals surface area contributed by atoms with E-state index in [9.17, 15) is 14.9 Å². The number of rotatable bonds is 6. The third-order valence-electron chi connectivity index (χ3n) is 3.20. The molecule has 0 saturated heterocycles. The largest absolute Gasteiger partial charge is 0.460 e. The van der Waals surface area contributed by atoms with Gasteiger partial charge in [0.2, 0.25) is 0 Å². The Bertz CT molecular complexity index is 784. The van der Waals surface area contributed by atoms with Gasteiger partial charge in [0.15, 0.2) is 0 Å². The van der Waals surface area contributed by atoms with Crippen LogP contribution in [0, 0.1) is 21.4 Å². The summed E-state index contributed by atoms with van der Waals surface area (Å²) in [6.45, 7) is 1.73. The molecule has 122 valence electrons. The molecular weight excluding hydrogens is 328 g/mol.